The lowest BCUT2D eigenvalue weighted by Gasteiger charge is -2.18. The van der Waals surface area contributed by atoms with E-state index in [-0.39, 0.29) is 5.91 Å². The average molecular weight is 492 g/mol. The third-order valence-electron chi connectivity index (χ3n) is 5.20. The van der Waals surface area contributed by atoms with Gasteiger partial charge in [0.05, 0.1) is 10.9 Å². The first-order chi connectivity index (χ1) is 16.5. The molecule has 0 bridgehead atoms. The third-order valence-corrected chi connectivity index (χ3v) is 7.31. The minimum Gasteiger partial charge on any atom is -0.385 e. The molecule has 0 spiro atoms. The zero-order valence-electron chi connectivity index (χ0n) is 18.7. The molecule has 1 atom stereocenters. The van der Waals surface area contributed by atoms with Crippen LogP contribution in [-0.4, -0.2) is 25.7 Å². The highest BCUT2D eigenvalue weighted by Crippen LogP contribution is 2.28. The van der Waals surface area contributed by atoms with Crippen LogP contribution in [0, 0.1) is 0 Å². The number of hydrogen-bond donors (Lipinski definition) is 2. The van der Waals surface area contributed by atoms with E-state index in [1.807, 2.05) is 73.0 Å². The second kappa shape index (κ2) is 11.1. The lowest BCUT2D eigenvalue weighted by atomic mass is 10.1. The molecule has 0 aliphatic carbocycles. The number of aryl methyl sites for hydroxylation is 1. The van der Waals surface area contributed by atoms with Gasteiger partial charge in [-0.15, -0.1) is 11.3 Å². The fourth-order valence-corrected chi connectivity index (χ4v) is 5.19. The fraction of sp³-hybridized carbons (Fsp3) is 0.200. The minimum absolute atomic E-state index is 0.187. The number of carbonyl (C=O) groups excluding carboxylic acids is 1. The molecule has 1 unspecified atom stereocenters. The molecule has 0 aliphatic heterocycles. The minimum atomic E-state index is -0.458. The van der Waals surface area contributed by atoms with E-state index in [1.165, 1.54) is 29.2 Å². The van der Waals surface area contributed by atoms with E-state index in [1.54, 1.807) is 4.57 Å². The number of anilines is 2. The van der Waals surface area contributed by atoms with Gasteiger partial charge in [-0.3, -0.25) is 9.59 Å². The van der Waals surface area contributed by atoms with Gasteiger partial charge in [0, 0.05) is 23.6 Å². The number of nitrogens with zero attached hydrogens (tertiary/aromatic N) is 3. The number of nitrogens with two attached hydrogens (primary N) is 1. The topological polar surface area (TPSA) is 103 Å². The van der Waals surface area contributed by atoms with E-state index in [0.717, 1.165) is 23.2 Å². The van der Waals surface area contributed by atoms with Crippen LogP contribution in [0.2, 0.25) is 0 Å². The van der Waals surface area contributed by atoms with Crippen LogP contribution >= 0.6 is 23.1 Å². The number of nitrogens with one attached hydrogen (secondary N) is 1. The normalized spacial score (nSPS) is 11.8. The summed E-state index contributed by atoms with van der Waals surface area (Å²) in [4.78, 5) is 33.8. The standard InChI is InChI=1S/C25H25N5O2S2/c1-2-20(23(32)29-24-27-19(16-33-24)18-11-7-4-8-12-18)34-25-28-22(31)15-21(26)30(25)14-13-17-9-5-3-6-10-17/h3-12,15-16,20H,2,13-14,26H2,1H3,(H,27,29,32). The van der Waals surface area contributed by atoms with Crippen molar-refractivity contribution in [3.05, 3.63) is 88.0 Å². The molecule has 34 heavy (non-hydrogen) atoms. The van der Waals surface area contributed by atoms with E-state index in [2.05, 4.69) is 15.3 Å². The van der Waals surface area contributed by atoms with Crippen LogP contribution in [0.15, 0.2) is 82.1 Å². The number of aromatic nitrogens is 3. The molecule has 4 rings (SSSR count). The van der Waals surface area contributed by atoms with Crippen LogP contribution in [0.3, 0.4) is 0 Å². The second-order valence-electron chi connectivity index (χ2n) is 7.60. The van der Waals surface area contributed by atoms with Gasteiger partial charge in [-0.25, -0.2) is 4.98 Å². The van der Waals surface area contributed by atoms with Gasteiger partial charge in [0.2, 0.25) is 5.91 Å². The predicted octanol–water partition coefficient (Wildman–Crippen LogP) is 4.70. The molecule has 2 heterocycles. The lowest BCUT2D eigenvalue weighted by Crippen LogP contribution is -2.27. The van der Waals surface area contributed by atoms with Gasteiger partial charge in [-0.1, -0.05) is 79.3 Å². The molecular formula is C25H25N5O2S2. The van der Waals surface area contributed by atoms with Crippen LogP contribution in [0.4, 0.5) is 10.9 Å². The summed E-state index contributed by atoms with van der Waals surface area (Å²) in [6, 6.07) is 21.1. The third kappa shape index (κ3) is 5.92. The Kier molecular flexibility index (Phi) is 7.76. The van der Waals surface area contributed by atoms with Crippen molar-refractivity contribution in [2.24, 2.45) is 0 Å². The quantitative estimate of drug-likeness (QED) is 0.260. The van der Waals surface area contributed by atoms with Crippen LogP contribution in [0.1, 0.15) is 18.9 Å². The monoisotopic (exact) mass is 491 g/mol. The summed E-state index contributed by atoms with van der Waals surface area (Å²) in [6.07, 6.45) is 1.28. The maximum atomic E-state index is 13.0. The average Bonchev–Trinajstić information content (AvgIpc) is 3.31. The molecule has 0 fully saturated rings. The van der Waals surface area contributed by atoms with Gasteiger partial charge in [-0.05, 0) is 18.4 Å². The molecule has 0 saturated heterocycles. The number of benzene rings is 2. The van der Waals surface area contributed by atoms with Crippen molar-refractivity contribution in [1.82, 2.24) is 14.5 Å². The first kappa shape index (κ1) is 23.7. The van der Waals surface area contributed by atoms with Crippen molar-refractivity contribution in [1.29, 1.82) is 0 Å². The summed E-state index contributed by atoms with van der Waals surface area (Å²) >= 11 is 2.62. The van der Waals surface area contributed by atoms with E-state index in [9.17, 15) is 9.59 Å². The van der Waals surface area contributed by atoms with Crippen LogP contribution in [0.5, 0.6) is 0 Å². The van der Waals surface area contributed by atoms with Gasteiger partial charge in [0.25, 0.3) is 5.56 Å². The van der Waals surface area contributed by atoms with Crippen molar-refractivity contribution in [3.8, 4) is 11.3 Å². The Balaban J connectivity index is 1.48. The fourth-order valence-electron chi connectivity index (χ4n) is 3.41. The van der Waals surface area contributed by atoms with E-state index < -0.39 is 10.8 Å². The summed E-state index contributed by atoms with van der Waals surface area (Å²) in [7, 11) is 0. The summed E-state index contributed by atoms with van der Waals surface area (Å²) in [6.45, 7) is 2.48. The van der Waals surface area contributed by atoms with Crippen molar-refractivity contribution in [2.75, 3.05) is 11.1 Å². The SMILES string of the molecule is CCC(Sc1nc(=O)cc(N)n1CCc1ccccc1)C(=O)Nc1nc(-c2ccccc2)cs1. The van der Waals surface area contributed by atoms with Gasteiger partial charge < -0.3 is 15.6 Å². The Morgan fingerprint density at radius 2 is 1.82 bits per heavy atom. The highest BCUT2D eigenvalue weighted by Gasteiger charge is 2.22. The Hall–Kier alpha value is -3.43. The molecular weight excluding hydrogens is 466 g/mol. The van der Waals surface area contributed by atoms with E-state index >= 15 is 0 Å². The van der Waals surface area contributed by atoms with E-state index in [4.69, 9.17) is 5.73 Å². The summed E-state index contributed by atoms with van der Waals surface area (Å²) in [5, 5.41) is 5.34. The second-order valence-corrected chi connectivity index (χ2v) is 9.62. The number of thiazole rings is 1. The Morgan fingerprint density at radius 3 is 2.53 bits per heavy atom. The van der Waals surface area contributed by atoms with Gasteiger partial charge in [-0.2, -0.15) is 4.98 Å². The number of amides is 1. The van der Waals surface area contributed by atoms with Gasteiger partial charge in [0.15, 0.2) is 10.3 Å². The molecule has 0 radical (unpaired) electrons. The zero-order valence-corrected chi connectivity index (χ0v) is 20.3. The van der Waals surface area contributed by atoms with Crippen molar-refractivity contribution < 1.29 is 4.79 Å². The largest absolute Gasteiger partial charge is 0.385 e. The maximum Gasteiger partial charge on any atom is 0.275 e. The number of carbonyl (C=O) groups is 1. The van der Waals surface area contributed by atoms with Crippen molar-refractivity contribution >= 4 is 40.0 Å². The molecule has 0 saturated carbocycles. The summed E-state index contributed by atoms with van der Waals surface area (Å²) < 4.78 is 1.80. The first-order valence-corrected chi connectivity index (χ1v) is 12.7. The van der Waals surface area contributed by atoms with Crippen LogP contribution < -0.4 is 16.6 Å². The summed E-state index contributed by atoms with van der Waals surface area (Å²) in [5.74, 6) is 0.147. The molecule has 2 aromatic heterocycles. The number of nitrogen functional groups attached to an aromatic ring is 1. The summed E-state index contributed by atoms with van der Waals surface area (Å²) in [5.41, 5.74) is 8.70. The Morgan fingerprint density at radius 1 is 1.12 bits per heavy atom. The molecule has 3 N–H and O–H groups in total. The highest BCUT2D eigenvalue weighted by molar-refractivity contribution is 8.00. The molecule has 174 valence electrons. The molecule has 7 nitrogen and oxygen atoms in total. The Labute approximate surface area is 206 Å². The number of hydrogen-bond acceptors (Lipinski definition) is 7. The van der Waals surface area contributed by atoms with Gasteiger partial charge >= 0.3 is 0 Å². The molecule has 2 aromatic carbocycles. The highest BCUT2D eigenvalue weighted by atomic mass is 32.2. The molecule has 1 amide bonds. The lowest BCUT2D eigenvalue weighted by molar-refractivity contribution is -0.115. The smallest absolute Gasteiger partial charge is 0.275 e. The molecule has 4 aromatic rings. The zero-order chi connectivity index (χ0) is 23.9. The number of thioether (sulfide) groups is 1. The molecule has 9 heteroatoms. The number of rotatable bonds is 9. The van der Waals surface area contributed by atoms with Crippen molar-refractivity contribution in [2.45, 2.75) is 36.7 Å². The Bertz CT molecular complexity index is 1310. The maximum absolute atomic E-state index is 13.0. The first-order valence-electron chi connectivity index (χ1n) is 10.9. The van der Waals surface area contributed by atoms with Crippen molar-refractivity contribution in [3.63, 3.8) is 0 Å². The van der Waals surface area contributed by atoms with Crippen LogP contribution in [0.25, 0.3) is 11.3 Å². The predicted molar refractivity (Wildman–Crippen MR) is 139 cm³/mol. The van der Waals surface area contributed by atoms with Crippen LogP contribution in [-0.2, 0) is 17.8 Å². The molecule has 0 aliphatic rings. The van der Waals surface area contributed by atoms with E-state index in [0.29, 0.717) is 29.1 Å². The van der Waals surface area contributed by atoms with Gasteiger partial charge in [0.1, 0.15) is 5.82 Å².